The van der Waals surface area contributed by atoms with Crippen LogP contribution in [-0.4, -0.2) is 0 Å². The van der Waals surface area contributed by atoms with Crippen molar-refractivity contribution in [3.8, 4) is 44.5 Å². The van der Waals surface area contributed by atoms with Crippen LogP contribution in [0.3, 0.4) is 0 Å². The molecule has 67 heavy (non-hydrogen) atoms. The average Bonchev–Trinajstić information content (AvgIpc) is 4.13. The molecule has 0 saturated heterocycles. The molecule has 0 saturated carbocycles. The fourth-order valence-electron chi connectivity index (χ4n) is 11.1. The first-order valence-corrected chi connectivity index (χ1v) is 23.0. The van der Waals surface area contributed by atoms with Gasteiger partial charge in [-0.25, -0.2) is 0 Å². The minimum absolute atomic E-state index is 0.139. The van der Waals surface area contributed by atoms with Crippen molar-refractivity contribution >= 4 is 82.9 Å². The highest BCUT2D eigenvalue weighted by atomic mass is 16.3. The summed E-state index contributed by atoms with van der Waals surface area (Å²) in [6.45, 7) is 4.69. The van der Waals surface area contributed by atoms with Crippen LogP contribution < -0.4 is 4.90 Å². The van der Waals surface area contributed by atoms with Crippen LogP contribution in [0, 0.1) is 0 Å². The minimum Gasteiger partial charge on any atom is -0.456 e. The Morgan fingerprint density at radius 1 is 0.328 bits per heavy atom. The smallest absolute Gasteiger partial charge is 0.144 e. The fourth-order valence-corrected chi connectivity index (χ4v) is 11.1. The zero-order valence-electron chi connectivity index (χ0n) is 36.9. The van der Waals surface area contributed by atoms with Gasteiger partial charge in [0, 0.05) is 65.9 Å². The van der Waals surface area contributed by atoms with Gasteiger partial charge in [-0.05, 0) is 111 Å². The molecule has 0 bridgehead atoms. The van der Waals surface area contributed by atoms with Gasteiger partial charge in [-0.15, -0.1) is 0 Å². The number of para-hydroxylation sites is 3. The number of furan rings is 3. The number of nitrogens with zero attached hydrogens (tertiary/aromatic N) is 1. The Morgan fingerprint density at radius 2 is 0.881 bits per heavy atom. The van der Waals surface area contributed by atoms with Crippen molar-refractivity contribution in [1.82, 2.24) is 0 Å². The van der Waals surface area contributed by atoms with E-state index in [9.17, 15) is 0 Å². The van der Waals surface area contributed by atoms with E-state index >= 15 is 0 Å². The highest BCUT2D eigenvalue weighted by Crippen LogP contribution is 2.52. The van der Waals surface area contributed by atoms with Crippen LogP contribution in [-0.2, 0) is 5.41 Å². The lowest BCUT2D eigenvalue weighted by Gasteiger charge is -2.28. The Kier molecular flexibility index (Phi) is 8.00. The van der Waals surface area contributed by atoms with Crippen molar-refractivity contribution in [2.75, 3.05) is 4.90 Å². The molecule has 4 nitrogen and oxygen atoms in total. The zero-order chi connectivity index (χ0) is 44.4. The van der Waals surface area contributed by atoms with Crippen molar-refractivity contribution in [1.29, 1.82) is 0 Å². The molecule has 0 N–H and O–H groups in total. The molecule has 14 rings (SSSR count). The van der Waals surface area contributed by atoms with Crippen LogP contribution in [0.1, 0.15) is 25.0 Å². The van der Waals surface area contributed by atoms with E-state index in [1.165, 1.54) is 33.4 Å². The van der Waals surface area contributed by atoms with Crippen LogP contribution in [0.15, 0.2) is 226 Å². The number of fused-ring (bicyclic) bond motifs is 13. The minimum atomic E-state index is -0.139. The predicted octanol–water partition coefficient (Wildman–Crippen LogP) is 18.2. The summed E-state index contributed by atoms with van der Waals surface area (Å²) in [4.78, 5) is 2.39. The summed E-state index contributed by atoms with van der Waals surface area (Å²) in [5, 5.41) is 6.37. The maximum absolute atomic E-state index is 7.05. The molecule has 0 radical (unpaired) electrons. The first kappa shape index (κ1) is 37.7. The number of benzene rings is 10. The molecule has 0 fully saturated rings. The summed E-state index contributed by atoms with van der Waals surface area (Å²) in [6.07, 6.45) is 0. The zero-order valence-corrected chi connectivity index (χ0v) is 36.9. The first-order chi connectivity index (χ1) is 33.0. The molecule has 0 amide bonds. The van der Waals surface area contributed by atoms with Crippen molar-refractivity contribution < 1.29 is 13.3 Å². The quantitative estimate of drug-likeness (QED) is 0.167. The second-order valence-electron chi connectivity index (χ2n) is 18.4. The normalized spacial score (nSPS) is 13.0. The Labute approximate surface area is 386 Å². The average molecular weight is 860 g/mol. The number of anilines is 3. The number of hydrogen-bond donors (Lipinski definition) is 0. The molecule has 3 aromatic heterocycles. The van der Waals surface area contributed by atoms with Gasteiger partial charge in [-0.2, -0.15) is 0 Å². The lowest BCUT2D eigenvalue weighted by atomic mass is 9.82. The van der Waals surface area contributed by atoms with E-state index in [4.69, 9.17) is 13.3 Å². The maximum Gasteiger partial charge on any atom is 0.144 e. The highest BCUT2D eigenvalue weighted by molar-refractivity contribution is 6.28. The van der Waals surface area contributed by atoms with Gasteiger partial charge in [0.05, 0.1) is 0 Å². The van der Waals surface area contributed by atoms with Crippen LogP contribution in [0.4, 0.5) is 17.1 Å². The van der Waals surface area contributed by atoms with E-state index in [2.05, 4.69) is 195 Å². The molecule has 0 aliphatic heterocycles. The van der Waals surface area contributed by atoms with E-state index in [1.807, 2.05) is 36.4 Å². The molecule has 0 atom stereocenters. The standard InChI is InChI=1S/C63H41NO3/c1-63(2)52-20-9-6-15-45(52)46-32-31-43(37-53(46)63)64(41-27-23-39(24-28-41)38-13-4-3-5-14-38)42-29-25-40(26-30-42)44-33-34-51-60-57(36-35-56-59(60)49-17-8-11-22-55(49)65-56)67-62(51)58(44)50-19-12-18-48-47-16-7-10-21-54(47)66-61(48)50/h3-37H,1-2H3. The van der Waals surface area contributed by atoms with Crippen LogP contribution in [0.25, 0.3) is 110 Å². The Bertz CT molecular complexity index is 4110. The van der Waals surface area contributed by atoms with E-state index < -0.39 is 0 Å². The summed E-state index contributed by atoms with van der Waals surface area (Å²) >= 11 is 0. The summed E-state index contributed by atoms with van der Waals surface area (Å²) < 4.78 is 20.2. The maximum atomic E-state index is 7.05. The van der Waals surface area contributed by atoms with Gasteiger partial charge >= 0.3 is 0 Å². The van der Waals surface area contributed by atoms with E-state index in [0.29, 0.717) is 0 Å². The molecule has 10 aromatic carbocycles. The molecule has 3 heterocycles. The lowest BCUT2D eigenvalue weighted by molar-refractivity contribution is 0.660. The monoisotopic (exact) mass is 859 g/mol. The second kappa shape index (κ2) is 14.2. The predicted molar refractivity (Wildman–Crippen MR) is 277 cm³/mol. The van der Waals surface area contributed by atoms with Gasteiger partial charge in [0.1, 0.15) is 33.5 Å². The van der Waals surface area contributed by atoms with Gasteiger partial charge in [0.15, 0.2) is 0 Å². The van der Waals surface area contributed by atoms with E-state index in [-0.39, 0.29) is 5.41 Å². The summed E-state index contributed by atoms with van der Waals surface area (Å²) in [7, 11) is 0. The SMILES string of the molecule is CC1(C)c2ccccc2-c2ccc(N(c3ccc(-c4ccccc4)cc3)c3ccc(-c4ccc5c(oc6ccc7oc8ccccc8c7c65)c4-c4cccc5c4oc4ccccc45)cc3)cc21. The van der Waals surface area contributed by atoms with Crippen LogP contribution in [0.5, 0.6) is 0 Å². The van der Waals surface area contributed by atoms with Crippen molar-refractivity contribution in [3.05, 3.63) is 223 Å². The van der Waals surface area contributed by atoms with Gasteiger partial charge < -0.3 is 18.2 Å². The molecule has 316 valence electrons. The van der Waals surface area contributed by atoms with Crippen LogP contribution in [0.2, 0.25) is 0 Å². The third-order valence-electron chi connectivity index (χ3n) is 14.3. The Balaban J connectivity index is 0.965. The van der Waals surface area contributed by atoms with E-state index in [0.717, 1.165) is 105 Å². The Hall–Kier alpha value is -8.60. The van der Waals surface area contributed by atoms with Gasteiger partial charge in [0.25, 0.3) is 0 Å². The van der Waals surface area contributed by atoms with Gasteiger partial charge in [-0.1, -0.05) is 159 Å². The highest BCUT2D eigenvalue weighted by Gasteiger charge is 2.36. The summed E-state index contributed by atoms with van der Waals surface area (Å²) in [5.74, 6) is 0. The fraction of sp³-hybridized carbons (Fsp3) is 0.0476. The molecule has 0 spiro atoms. The molecular formula is C63H41NO3. The molecule has 1 aliphatic carbocycles. The molecule has 1 aliphatic rings. The third kappa shape index (κ3) is 5.60. The van der Waals surface area contributed by atoms with Crippen molar-refractivity contribution in [2.24, 2.45) is 0 Å². The third-order valence-corrected chi connectivity index (χ3v) is 14.3. The van der Waals surface area contributed by atoms with Gasteiger partial charge in [0.2, 0.25) is 0 Å². The number of rotatable bonds is 6. The van der Waals surface area contributed by atoms with Gasteiger partial charge in [-0.3, -0.25) is 0 Å². The molecule has 0 unspecified atom stereocenters. The van der Waals surface area contributed by atoms with E-state index in [1.54, 1.807) is 0 Å². The first-order valence-electron chi connectivity index (χ1n) is 23.0. The van der Waals surface area contributed by atoms with Crippen molar-refractivity contribution in [2.45, 2.75) is 19.3 Å². The second-order valence-corrected chi connectivity index (χ2v) is 18.4. The summed E-state index contributed by atoms with van der Waals surface area (Å²) in [6, 6.07) is 75.9. The summed E-state index contributed by atoms with van der Waals surface area (Å²) in [5.41, 5.74) is 19.9. The van der Waals surface area contributed by atoms with Crippen molar-refractivity contribution in [3.63, 3.8) is 0 Å². The Morgan fingerprint density at radius 3 is 1.67 bits per heavy atom. The largest absolute Gasteiger partial charge is 0.456 e. The molecule has 4 heteroatoms. The molecular weight excluding hydrogens is 819 g/mol. The number of hydrogen-bond acceptors (Lipinski definition) is 4. The molecule has 13 aromatic rings. The lowest BCUT2D eigenvalue weighted by Crippen LogP contribution is -2.16. The van der Waals surface area contributed by atoms with Crippen LogP contribution >= 0.6 is 0 Å². The topological polar surface area (TPSA) is 42.7 Å².